The number of anilines is 3. The molecule has 1 atom stereocenters. The lowest BCUT2D eigenvalue weighted by Crippen LogP contribution is -2.35. The Kier molecular flexibility index (Phi) is 7.07. The predicted octanol–water partition coefficient (Wildman–Crippen LogP) is 4.11. The Bertz CT molecular complexity index is 1370. The number of hydrogen-bond donors (Lipinski definition) is 3. The molecule has 2 aromatic carbocycles. The van der Waals surface area contributed by atoms with E-state index in [1.165, 1.54) is 6.33 Å². The maximum Gasteiger partial charge on any atom is 0.255 e. The second-order valence-corrected chi connectivity index (χ2v) is 8.37. The van der Waals surface area contributed by atoms with Gasteiger partial charge in [0.15, 0.2) is 5.82 Å². The van der Waals surface area contributed by atoms with E-state index in [4.69, 9.17) is 4.74 Å². The normalized spacial score (nSPS) is 11.8. The molecule has 9 nitrogen and oxygen atoms in total. The number of aromatic nitrogens is 3. The minimum Gasteiger partial charge on any atom is -0.383 e. The number of carbonyl (C=O) groups excluding carboxylic acids is 2. The monoisotopic (exact) mass is 472 g/mol. The first-order valence-corrected chi connectivity index (χ1v) is 11.2. The Morgan fingerprint density at radius 2 is 1.86 bits per heavy atom. The molecule has 0 aliphatic rings. The van der Waals surface area contributed by atoms with Crippen molar-refractivity contribution >= 4 is 34.5 Å². The number of nitrogens with one attached hydrogen (secondary N) is 3. The fraction of sp³-hybridized carbons (Fsp3) is 0.231. The molecule has 0 aliphatic carbocycles. The van der Waals surface area contributed by atoms with Crippen LogP contribution in [0, 0.1) is 13.8 Å². The predicted molar refractivity (Wildman–Crippen MR) is 135 cm³/mol. The van der Waals surface area contributed by atoms with E-state index in [1.807, 2.05) is 57.2 Å². The number of rotatable bonds is 8. The molecule has 3 N–H and O–H groups in total. The lowest BCUT2D eigenvalue weighted by atomic mass is 10.1. The van der Waals surface area contributed by atoms with Gasteiger partial charge in [0, 0.05) is 36.3 Å². The second-order valence-electron chi connectivity index (χ2n) is 8.37. The number of nitrogens with zero attached hydrogens (tertiary/aromatic N) is 3. The average molecular weight is 473 g/mol. The lowest BCUT2D eigenvalue weighted by molar-refractivity contribution is 0.0904. The average Bonchev–Trinajstić information content (AvgIpc) is 3.19. The molecule has 180 valence electrons. The maximum atomic E-state index is 12.8. The minimum absolute atomic E-state index is 0.130. The van der Waals surface area contributed by atoms with Crippen LogP contribution in [-0.4, -0.2) is 46.2 Å². The molecule has 35 heavy (non-hydrogen) atoms. The van der Waals surface area contributed by atoms with E-state index in [0.29, 0.717) is 34.8 Å². The largest absolute Gasteiger partial charge is 0.383 e. The van der Waals surface area contributed by atoms with Crippen LogP contribution in [0.2, 0.25) is 0 Å². The Hall–Kier alpha value is -4.24. The highest BCUT2D eigenvalue weighted by Crippen LogP contribution is 2.28. The molecule has 2 amide bonds. The summed E-state index contributed by atoms with van der Waals surface area (Å²) in [4.78, 5) is 29.8. The van der Waals surface area contributed by atoms with Crippen LogP contribution in [0.25, 0.3) is 5.52 Å². The van der Waals surface area contributed by atoms with Gasteiger partial charge in [-0.25, -0.2) is 9.50 Å². The van der Waals surface area contributed by atoms with E-state index < -0.39 is 0 Å². The highest BCUT2D eigenvalue weighted by molar-refractivity contribution is 6.04. The number of ether oxygens (including phenoxy) is 1. The van der Waals surface area contributed by atoms with Gasteiger partial charge in [-0.05, 0) is 56.2 Å². The van der Waals surface area contributed by atoms with Crippen molar-refractivity contribution < 1.29 is 14.3 Å². The highest BCUT2D eigenvalue weighted by Gasteiger charge is 2.19. The van der Waals surface area contributed by atoms with E-state index in [0.717, 1.165) is 16.8 Å². The fourth-order valence-electron chi connectivity index (χ4n) is 3.83. The van der Waals surface area contributed by atoms with Crippen LogP contribution in [0.5, 0.6) is 0 Å². The Morgan fingerprint density at radius 1 is 1.09 bits per heavy atom. The summed E-state index contributed by atoms with van der Waals surface area (Å²) in [6, 6.07) is 14.5. The molecule has 0 saturated heterocycles. The molecule has 0 bridgehead atoms. The highest BCUT2D eigenvalue weighted by atomic mass is 16.5. The van der Waals surface area contributed by atoms with E-state index >= 15 is 0 Å². The van der Waals surface area contributed by atoms with Gasteiger partial charge in [-0.3, -0.25) is 9.59 Å². The molecule has 0 aliphatic heterocycles. The van der Waals surface area contributed by atoms with Gasteiger partial charge in [-0.1, -0.05) is 24.3 Å². The SMILES string of the molecule is COC[C@H](C)NC(=O)c1cn2ncnc(Nc3cc(NC(=O)c4ccccc4)ccc3C)c2c1C. The molecule has 2 heterocycles. The molecule has 9 heteroatoms. The topological polar surface area (TPSA) is 110 Å². The molecule has 2 aromatic heterocycles. The molecular formula is C26H28N6O3. The molecule has 4 rings (SSSR count). The van der Waals surface area contributed by atoms with E-state index in [1.54, 1.807) is 30.0 Å². The van der Waals surface area contributed by atoms with Gasteiger partial charge >= 0.3 is 0 Å². The third-order valence-corrected chi connectivity index (χ3v) is 5.65. The molecular weight excluding hydrogens is 444 g/mol. The van der Waals surface area contributed by atoms with Gasteiger partial charge in [-0.15, -0.1) is 0 Å². The van der Waals surface area contributed by atoms with Gasteiger partial charge in [-0.2, -0.15) is 5.10 Å². The van der Waals surface area contributed by atoms with Crippen molar-refractivity contribution in [2.75, 3.05) is 24.4 Å². The van der Waals surface area contributed by atoms with Crippen molar-refractivity contribution in [3.05, 3.63) is 83.3 Å². The number of fused-ring (bicyclic) bond motifs is 1. The Morgan fingerprint density at radius 3 is 2.60 bits per heavy atom. The number of amides is 2. The van der Waals surface area contributed by atoms with Crippen LogP contribution in [0.1, 0.15) is 38.8 Å². The van der Waals surface area contributed by atoms with Gasteiger partial charge < -0.3 is 20.7 Å². The van der Waals surface area contributed by atoms with Crippen molar-refractivity contribution in [3.63, 3.8) is 0 Å². The molecule has 4 aromatic rings. The van der Waals surface area contributed by atoms with Crippen molar-refractivity contribution in [1.29, 1.82) is 0 Å². The summed E-state index contributed by atoms with van der Waals surface area (Å²) in [5, 5.41) is 13.5. The smallest absolute Gasteiger partial charge is 0.255 e. The maximum absolute atomic E-state index is 12.8. The summed E-state index contributed by atoms with van der Waals surface area (Å²) in [6.45, 7) is 6.13. The van der Waals surface area contributed by atoms with E-state index in [9.17, 15) is 9.59 Å². The molecule has 0 fully saturated rings. The molecule has 0 spiro atoms. The van der Waals surface area contributed by atoms with Crippen molar-refractivity contribution in [2.45, 2.75) is 26.8 Å². The number of methoxy groups -OCH3 is 1. The Balaban J connectivity index is 1.61. The van der Waals surface area contributed by atoms with Crippen molar-refractivity contribution in [3.8, 4) is 0 Å². The van der Waals surface area contributed by atoms with Gasteiger partial charge in [0.25, 0.3) is 11.8 Å². The first-order chi connectivity index (χ1) is 16.9. The number of aryl methyl sites for hydroxylation is 2. The summed E-state index contributed by atoms with van der Waals surface area (Å²) in [7, 11) is 1.60. The summed E-state index contributed by atoms with van der Waals surface area (Å²) in [5.41, 5.74) is 4.92. The number of hydrogen-bond acceptors (Lipinski definition) is 6. The third kappa shape index (κ3) is 5.30. The van der Waals surface area contributed by atoms with Gasteiger partial charge in [0.2, 0.25) is 0 Å². The quantitative estimate of drug-likeness (QED) is 0.356. The van der Waals surface area contributed by atoms with Crippen LogP contribution in [0.3, 0.4) is 0 Å². The molecule has 0 unspecified atom stereocenters. The van der Waals surface area contributed by atoms with Crippen LogP contribution in [-0.2, 0) is 4.74 Å². The summed E-state index contributed by atoms with van der Waals surface area (Å²) < 4.78 is 6.74. The minimum atomic E-state index is -0.203. The second kappa shape index (κ2) is 10.4. The zero-order chi connectivity index (χ0) is 24.9. The van der Waals surface area contributed by atoms with Crippen LogP contribution in [0.4, 0.5) is 17.2 Å². The summed E-state index contributed by atoms with van der Waals surface area (Å²) in [5.74, 6) is 0.159. The number of benzene rings is 2. The molecule has 0 saturated carbocycles. The summed E-state index contributed by atoms with van der Waals surface area (Å²) >= 11 is 0. The van der Waals surface area contributed by atoms with Crippen LogP contribution in [0.15, 0.2) is 61.1 Å². The fourth-order valence-corrected chi connectivity index (χ4v) is 3.83. The van der Waals surface area contributed by atoms with Gasteiger partial charge in [0.1, 0.15) is 11.8 Å². The van der Waals surface area contributed by atoms with Crippen LogP contribution >= 0.6 is 0 Å². The summed E-state index contributed by atoms with van der Waals surface area (Å²) in [6.07, 6.45) is 3.12. The third-order valence-electron chi connectivity index (χ3n) is 5.65. The van der Waals surface area contributed by atoms with E-state index in [2.05, 4.69) is 26.0 Å². The lowest BCUT2D eigenvalue weighted by Gasteiger charge is -2.13. The Labute approximate surface area is 203 Å². The first kappa shape index (κ1) is 23.9. The van der Waals surface area contributed by atoms with Crippen LogP contribution < -0.4 is 16.0 Å². The van der Waals surface area contributed by atoms with Crippen molar-refractivity contribution in [2.24, 2.45) is 0 Å². The zero-order valence-corrected chi connectivity index (χ0v) is 20.1. The molecule has 0 radical (unpaired) electrons. The zero-order valence-electron chi connectivity index (χ0n) is 20.1. The number of carbonyl (C=O) groups is 2. The first-order valence-electron chi connectivity index (χ1n) is 11.2. The standard InChI is InChI=1S/C26H28N6O3/c1-16-10-11-20(30-25(33)19-8-6-5-7-9-19)12-22(16)31-24-23-18(3)21(13-32(23)28-15-27-24)26(34)29-17(2)14-35-4/h5-13,15,17H,14H2,1-4H3,(H,29,34)(H,30,33)(H,27,28,31)/t17-/m0/s1. The van der Waals surface area contributed by atoms with Crippen molar-refractivity contribution in [1.82, 2.24) is 19.9 Å². The van der Waals surface area contributed by atoms with Gasteiger partial charge in [0.05, 0.1) is 12.2 Å². The van der Waals surface area contributed by atoms with E-state index in [-0.39, 0.29) is 17.9 Å².